The van der Waals surface area contributed by atoms with Gasteiger partial charge in [-0.2, -0.15) is 0 Å². The molecule has 3 nitrogen and oxygen atoms in total. The highest BCUT2D eigenvalue weighted by molar-refractivity contribution is 5.24. The van der Waals surface area contributed by atoms with Gasteiger partial charge in [-0.05, 0) is 51.7 Å². The molecule has 0 bridgehead atoms. The summed E-state index contributed by atoms with van der Waals surface area (Å²) in [5, 5.41) is 0. The van der Waals surface area contributed by atoms with Gasteiger partial charge in [-0.25, -0.2) is 4.39 Å². The van der Waals surface area contributed by atoms with Crippen molar-refractivity contribution in [3.8, 4) is 0 Å². The molecule has 0 spiro atoms. The van der Waals surface area contributed by atoms with Crippen molar-refractivity contribution >= 4 is 0 Å². The zero-order valence-corrected chi connectivity index (χ0v) is 11.9. The molecule has 2 N–H and O–H groups in total. The van der Waals surface area contributed by atoms with E-state index in [-0.39, 0.29) is 5.82 Å². The van der Waals surface area contributed by atoms with Gasteiger partial charge in [-0.1, -0.05) is 12.1 Å². The van der Waals surface area contributed by atoms with E-state index in [0.29, 0.717) is 19.1 Å². The van der Waals surface area contributed by atoms with Crippen molar-refractivity contribution in [1.82, 2.24) is 9.80 Å². The van der Waals surface area contributed by atoms with Gasteiger partial charge in [0, 0.05) is 24.7 Å². The van der Waals surface area contributed by atoms with E-state index in [2.05, 4.69) is 23.9 Å². The predicted octanol–water partition coefficient (Wildman–Crippen LogP) is 1.81. The van der Waals surface area contributed by atoms with Gasteiger partial charge in [-0.3, -0.25) is 4.90 Å². The molecule has 1 aromatic carbocycles. The first-order chi connectivity index (χ1) is 9.10. The number of rotatable bonds is 4. The third-order valence-corrected chi connectivity index (χ3v) is 4.08. The second-order valence-corrected chi connectivity index (χ2v) is 5.58. The Bertz CT molecular complexity index is 414. The minimum Gasteiger partial charge on any atom is -0.326 e. The molecule has 4 heteroatoms. The third kappa shape index (κ3) is 3.75. The molecule has 0 aromatic heterocycles. The maximum atomic E-state index is 13.9. The van der Waals surface area contributed by atoms with Crippen LogP contribution in [0.1, 0.15) is 24.0 Å². The van der Waals surface area contributed by atoms with Crippen LogP contribution in [0.4, 0.5) is 4.39 Å². The minimum absolute atomic E-state index is 0.136. The maximum absolute atomic E-state index is 13.9. The Morgan fingerprint density at radius 1 is 1.37 bits per heavy atom. The second-order valence-electron chi connectivity index (χ2n) is 5.58. The molecule has 1 aromatic rings. The standard InChI is InChI=1S/C15H24FN3/c1-18-7-5-14(6-8-18)19(2)11-13-4-3-12(10-17)9-15(13)16/h3-4,9,14H,5-8,10-11,17H2,1-2H3. The van der Waals surface area contributed by atoms with E-state index in [1.165, 1.54) is 0 Å². The Morgan fingerprint density at radius 2 is 2.05 bits per heavy atom. The normalized spacial score (nSPS) is 18.2. The van der Waals surface area contributed by atoms with Crippen molar-refractivity contribution in [2.45, 2.75) is 32.0 Å². The van der Waals surface area contributed by atoms with Gasteiger partial charge in [0.1, 0.15) is 5.82 Å². The molecule has 19 heavy (non-hydrogen) atoms. The van der Waals surface area contributed by atoms with Crippen LogP contribution in [-0.4, -0.2) is 43.0 Å². The lowest BCUT2D eigenvalue weighted by atomic mass is 10.0. The van der Waals surface area contributed by atoms with E-state index < -0.39 is 0 Å². The molecule has 0 atom stereocenters. The van der Waals surface area contributed by atoms with E-state index >= 15 is 0 Å². The van der Waals surface area contributed by atoms with E-state index in [1.807, 2.05) is 12.1 Å². The van der Waals surface area contributed by atoms with Crippen LogP contribution in [0.3, 0.4) is 0 Å². The fourth-order valence-corrected chi connectivity index (χ4v) is 2.68. The Labute approximate surface area is 115 Å². The minimum atomic E-state index is -0.136. The first kappa shape index (κ1) is 14.4. The second kappa shape index (κ2) is 6.46. The monoisotopic (exact) mass is 265 g/mol. The van der Waals surface area contributed by atoms with Crippen LogP contribution < -0.4 is 5.73 Å². The summed E-state index contributed by atoms with van der Waals surface area (Å²) in [6.07, 6.45) is 2.32. The molecule has 2 rings (SSSR count). The molecule has 1 heterocycles. The van der Waals surface area contributed by atoms with Crippen molar-refractivity contribution in [3.63, 3.8) is 0 Å². The van der Waals surface area contributed by atoms with E-state index in [9.17, 15) is 4.39 Å². The topological polar surface area (TPSA) is 32.5 Å². The lowest BCUT2D eigenvalue weighted by Crippen LogP contribution is -2.41. The summed E-state index contributed by atoms with van der Waals surface area (Å²) in [5.41, 5.74) is 7.13. The summed E-state index contributed by atoms with van der Waals surface area (Å²) in [6.45, 7) is 3.32. The number of piperidine rings is 1. The van der Waals surface area contributed by atoms with Gasteiger partial charge in [0.05, 0.1) is 0 Å². The first-order valence-electron chi connectivity index (χ1n) is 6.96. The molecule has 0 saturated carbocycles. The molecule has 1 saturated heterocycles. The summed E-state index contributed by atoms with van der Waals surface area (Å²) in [5.74, 6) is -0.136. The molecule has 1 fully saturated rings. The predicted molar refractivity (Wildman–Crippen MR) is 76.3 cm³/mol. The summed E-state index contributed by atoms with van der Waals surface area (Å²) < 4.78 is 13.9. The van der Waals surface area contributed by atoms with Crippen molar-refractivity contribution in [3.05, 3.63) is 35.1 Å². The van der Waals surface area contributed by atoms with Crippen molar-refractivity contribution in [2.75, 3.05) is 27.2 Å². The smallest absolute Gasteiger partial charge is 0.128 e. The molecular formula is C15H24FN3. The molecule has 1 aliphatic rings. The van der Waals surface area contributed by atoms with E-state index in [4.69, 9.17) is 5.73 Å². The molecular weight excluding hydrogens is 241 g/mol. The van der Waals surface area contributed by atoms with Gasteiger partial charge in [0.15, 0.2) is 0 Å². The highest BCUT2D eigenvalue weighted by Gasteiger charge is 2.21. The molecule has 0 radical (unpaired) electrons. The number of hydrogen-bond donors (Lipinski definition) is 1. The highest BCUT2D eigenvalue weighted by Crippen LogP contribution is 2.18. The summed E-state index contributed by atoms with van der Waals surface area (Å²) in [6, 6.07) is 5.90. The van der Waals surface area contributed by atoms with Crippen LogP contribution >= 0.6 is 0 Å². The number of nitrogens with two attached hydrogens (primary N) is 1. The van der Waals surface area contributed by atoms with Crippen LogP contribution in [0.5, 0.6) is 0 Å². The first-order valence-corrected chi connectivity index (χ1v) is 6.96. The van der Waals surface area contributed by atoms with Crippen LogP contribution in [0.25, 0.3) is 0 Å². The molecule has 0 aliphatic carbocycles. The number of benzene rings is 1. The lowest BCUT2D eigenvalue weighted by molar-refractivity contribution is 0.138. The fourth-order valence-electron chi connectivity index (χ4n) is 2.68. The fraction of sp³-hybridized carbons (Fsp3) is 0.600. The van der Waals surface area contributed by atoms with Crippen LogP contribution in [0.2, 0.25) is 0 Å². The summed E-state index contributed by atoms with van der Waals surface area (Å²) >= 11 is 0. The number of halogens is 1. The Kier molecular flexibility index (Phi) is 4.91. The van der Waals surface area contributed by atoms with Crippen LogP contribution in [-0.2, 0) is 13.1 Å². The quantitative estimate of drug-likeness (QED) is 0.901. The molecule has 0 unspecified atom stereocenters. The lowest BCUT2D eigenvalue weighted by Gasteiger charge is -2.35. The highest BCUT2D eigenvalue weighted by atomic mass is 19.1. The zero-order valence-electron chi connectivity index (χ0n) is 11.9. The zero-order chi connectivity index (χ0) is 13.8. The van der Waals surface area contributed by atoms with E-state index in [1.54, 1.807) is 6.07 Å². The molecule has 0 amide bonds. The van der Waals surface area contributed by atoms with Crippen LogP contribution in [0.15, 0.2) is 18.2 Å². The SMILES string of the molecule is CN1CCC(N(C)Cc2ccc(CN)cc2F)CC1. The van der Waals surface area contributed by atoms with Crippen molar-refractivity contribution in [2.24, 2.45) is 5.73 Å². The summed E-state index contributed by atoms with van der Waals surface area (Å²) in [7, 11) is 4.24. The summed E-state index contributed by atoms with van der Waals surface area (Å²) in [4.78, 5) is 4.62. The number of likely N-dealkylation sites (tertiary alicyclic amines) is 1. The van der Waals surface area contributed by atoms with Gasteiger partial charge in [0.2, 0.25) is 0 Å². The van der Waals surface area contributed by atoms with Crippen molar-refractivity contribution in [1.29, 1.82) is 0 Å². The van der Waals surface area contributed by atoms with Crippen molar-refractivity contribution < 1.29 is 4.39 Å². The maximum Gasteiger partial charge on any atom is 0.128 e. The van der Waals surface area contributed by atoms with Gasteiger partial charge < -0.3 is 10.6 Å². The van der Waals surface area contributed by atoms with Gasteiger partial charge >= 0.3 is 0 Å². The Balaban J connectivity index is 1.96. The number of nitrogens with zero attached hydrogens (tertiary/aromatic N) is 2. The average Bonchev–Trinajstić information content (AvgIpc) is 2.41. The Hall–Kier alpha value is -0.970. The Morgan fingerprint density at radius 3 is 2.63 bits per heavy atom. The third-order valence-electron chi connectivity index (χ3n) is 4.08. The molecule has 106 valence electrons. The largest absolute Gasteiger partial charge is 0.326 e. The number of hydrogen-bond acceptors (Lipinski definition) is 3. The van der Waals surface area contributed by atoms with Gasteiger partial charge in [-0.15, -0.1) is 0 Å². The molecule has 1 aliphatic heterocycles. The van der Waals surface area contributed by atoms with E-state index in [0.717, 1.165) is 37.1 Å². The van der Waals surface area contributed by atoms with Gasteiger partial charge in [0.25, 0.3) is 0 Å². The average molecular weight is 265 g/mol. The van der Waals surface area contributed by atoms with Crippen LogP contribution in [0, 0.1) is 5.82 Å².